The zero-order valence-electron chi connectivity index (χ0n) is 12.5. The minimum Gasteiger partial charge on any atom is -0.508 e. The van der Waals surface area contributed by atoms with E-state index in [9.17, 15) is 34.5 Å². The van der Waals surface area contributed by atoms with E-state index in [1.165, 1.54) is 0 Å². The molecule has 0 amide bonds. The minimum atomic E-state index is -2.83. The highest BCUT2D eigenvalue weighted by Gasteiger charge is 2.22. The summed E-state index contributed by atoms with van der Waals surface area (Å²) in [6, 6.07) is 3.72. The maximum atomic E-state index is 12.3. The van der Waals surface area contributed by atoms with Gasteiger partial charge in [0.15, 0.2) is 17.3 Å². The smallest absolute Gasteiger partial charge is 0.357 e. The Bertz CT molecular complexity index is 1120. The number of hydrogen-bond donors (Lipinski definition) is 6. The lowest BCUT2D eigenvalue weighted by molar-refractivity contribution is 0.380. The number of hydrogen-bond acceptors (Lipinski definition) is 9. The Hall–Kier alpha value is -3.44. The first kappa shape index (κ1) is 17.4. The summed E-state index contributed by atoms with van der Waals surface area (Å²) in [7, 11) is 0. The lowest BCUT2D eigenvalue weighted by atomic mass is 10.1. The van der Waals surface area contributed by atoms with Gasteiger partial charge in [0, 0.05) is 17.7 Å². The van der Waals surface area contributed by atoms with Crippen molar-refractivity contribution < 1.29 is 42.9 Å². The predicted octanol–water partition coefficient (Wildman–Crippen LogP) is 1.50. The molecular weight excluding hydrogens is 372 g/mol. The van der Waals surface area contributed by atoms with Gasteiger partial charge < -0.3 is 34.1 Å². The monoisotopic (exact) mass is 382 g/mol. The van der Waals surface area contributed by atoms with Crippen LogP contribution >= 0.6 is 0 Å². The number of fused-ring (bicyclic) bond motifs is 1. The highest BCUT2D eigenvalue weighted by Crippen LogP contribution is 2.42. The Morgan fingerprint density at radius 3 is 2.27 bits per heavy atom. The molecule has 0 fully saturated rings. The van der Waals surface area contributed by atoms with Gasteiger partial charge in [-0.15, -0.1) is 0 Å². The fraction of sp³-hybridized carbons (Fsp3) is 0. The van der Waals surface area contributed by atoms with Crippen LogP contribution in [0.1, 0.15) is 0 Å². The molecule has 0 spiro atoms. The summed E-state index contributed by atoms with van der Waals surface area (Å²) < 4.78 is 29.3. The molecule has 6 N–H and O–H groups in total. The third kappa shape index (κ3) is 2.85. The van der Waals surface area contributed by atoms with Crippen molar-refractivity contribution in [2.75, 3.05) is 0 Å². The molecule has 1 aromatic heterocycles. The molecule has 0 aliphatic heterocycles. The first-order chi connectivity index (χ1) is 12.2. The summed E-state index contributed by atoms with van der Waals surface area (Å²) in [4.78, 5) is 12.3. The molecule has 2 aromatic carbocycles. The number of benzene rings is 2. The highest BCUT2D eigenvalue weighted by atomic mass is 32.2. The second-order valence-corrected chi connectivity index (χ2v) is 5.69. The molecule has 11 heteroatoms. The molecule has 0 bridgehead atoms. The van der Waals surface area contributed by atoms with Crippen molar-refractivity contribution in [2.24, 2.45) is 0 Å². The number of rotatable bonds is 3. The molecule has 1 atom stereocenters. The van der Waals surface area contributed by atoms with Crippen LogP contribution in [0.15, 0.2) is 33.5 Å². The third-order valence-corrected chi connectivity index (χ3v) is 3.74. The molecule has 0 aliphatic rings. The van der Waals surface area contributed by atoms with Gasteiger partial charge in [-0.1, -0.05) is 0 Å². The van der Waals surface area contributed by atoms with E-state index in [1.807, 2.05) is 0 Å². The Morgan fingerprint density at radius 2 is 1.62 bits per heavy atom. The normalized spacial score (nSPS) is 12.2. The van der Waals surface area contributed by atoms with E-state index in [4.69, 9.17) is 8.97 Å². The van der Waals surface area contributed by atoms with Crippen molar-refractivity contribution >= 4 is 22.3 Å². The molecule has 1 unspecified atom stereocenters. The van der Waals surface area contributed by atoms with Crippen molar-refractivity contribution in [3.63, 3.8) is 0 Å². The third-order valence-electron chi connectivity index (χ3n) is 3.41. The first-order valence-electron chi connectivity index (χ1n) is 6.76. The van der Waals surface area contributed by atoms with E-state index in [-0.39, 0.29) is 16.5 Å². The molecule has 0 aliphatic carbocycles. The molecule has 136 valence electrons. The molecule has 26 heavy (non-hydrogen) atoms. The molecule has 0 saturated carbocycles. The lowest BCUT2D eigenvalue weighted by Crippen LogP contribution is -2.03. The van der Waals surface area contributed by atoms with Crippen molar-refractivity contribution in [2.45, 2.75) is 0 Å². The largest absolute Gasteiger partial charge is 0.508 e. The predicted molar refractivity (Wildman–Crippen MR) is 87.6 cm³/mol. The fourth-order valence-electron chi connectivity index (χ4n) is 2.34. The maximum absolute atomic E-state index is 12.3. The number of phenols is 4. The van der Waals surface area contributed by atoms with Gasteiger partial charge in [-0.25, -0.2) is 0 Å². The van der Waals surface area contributed by atoms with Crippen LogP contribution in [-0.2, 0) is 11.4 Å². The van der Waals surface area contributed by atoms with Crippen LogP contribution in [0.2, 0.25) is 0 Å². The van der Waals surface area contributed by atoms with Crippen LogP contribution in [0.3, 0.4) is 0 Å². The van der Waals surface area contributed by atoms with Gasteiger partial charge in [0.05, 0.1) is 0 Å². The van der Waals surface area contributed by atoms with Gasteiger partial charge in [-0.05, 0) is 12.1 Å². The fourth-order valence-corrected chi connectivity index (χ4v) is 2.62. The molecule has 10 nitrogen and oxygen atoms in total. The number of phenolic OH excluding ortho intramolecular Hbond substituents is 4. The summed E-state index contributed by atoms with van der Waals surface area (Å²) in [5, 5.41) is 48.4. The maximum Gasteiger partial charge on any atom is 0.357 e. The summed E-state index contributed by atoms with van der Waals surface area (Å²) >= 11 is -2.83. The second kappa shape index (κ2) is 6.13. The van der Waals surface area contributed by atoms with Crippen LogP contribution < -0.4 is 9.61 Å². The van der Waals surface area contributed by atoms with Gasteiger partial charge in [0.2, 0.25) is 16.9 Å². The summed E-state index contributed by atoms with van der Waals surface area (Å²) in [5.41, 5.74) is -1.50. The van der Waals surface area contributed by atoms with Crippen LogP contribution in [0.25, 0.3) is 22.3 Å². The molecular formula is C15H10O10S. The Labute approximate surface area is 146 Å². The molecule has 3 rings (SSSR count). The van der Waals surface area contributed by atoms with Crippen molar-refractivity contribution in [1.82, 2.24) is 0 Å². The Kier molecular flexibility index (Phi) is 4.10. The second-order valence-electron chi connectivity index (χ2n) is 5.09. The Morgan fingerprint density at radius 1 is 0.923 bits per heavy atom. The molecule has 1 heterocycles. The van der Waals surface area contributed by atoms with Crippen LogP contribution in [0.4, 0.5) is 0 Å². The zero-order chi connectivity index (χ0) is 19.2. The van der Waals surface area contributed by atoms with E-state index in [0.29, 0.717) is 0 Å². The van der Waals surface area contributed by atoms with Gasteiger partial charge in [-0.2, -0.15) is 4.21 Å². The van der Waals surface area contributed by atoms with E-state index in [1.54, 1.807) is 0 Å². The van der Waals surface area contributed by atoms with E-state index >= 15 is 0 Å². The van der Waals surface area contributed by atoms with Gasteiger partial charge >= 0.3 is 11.4 Å². The van der Waals surface area contributed by atoms with Crippen molar-refractivity contribution in [3.8, 4) is 45.8 Å². The van der Waals surface area contributed by atoms with Crippen LogP contribution in [0.5, 0.6) is 34.5 Å². The van der Waals surface area contributed by atoms with Crippen LogP contribution in [0, 0.1) is 0 Å². The average Bonchev–Trinajstić information content (AvgIpc) is 2.53. The van der Waals surface area contributed by atoms with Gasteiger partial charge in [-0.3, -0.25) is 9.35 Å². The minimum absolute atomic E-state index is 0.194. The van der Waals surface area contributed by atoms with Crippen molar-refractivity contribution in [1.29, 1.82) is 0 Å². The Balaban J connectivity index is 2.32. The summed E-state index contributed by atoms with van der Waals surface area (Å²) in [6.07, 6.45) is 0. The zero-order valence-corrected chi connectivity index (χ0v) is 13.4. The standard InChI is InChI=1S/C15H10O10S/c16-6-3-7(17)11-9(4-6)24-15(14(21)13(11)20)5-1-8(18)12(19)10(2-5)25-26(22)23/h1-4,16-19,21H,(H,22,23). The highest BCUT2D eigenvalue weighted by molar-refractivity contribution is 7.74. The summed E-state index contributed by atoms with van der Waals surface area (Å²) in [5.74, 6) is -4.75. The molecule has 0 radical (unpaired) electrons. The number of aromatic hydroxyl groups is 5. The lowest BCUT2D eigenvalue weighted by Gasteiger charge is -2.10. The van der Waals surface area contributed by atoms with E-state index < -0.39 is 57.0 Å². The van der Waals surface area contributed by atoms with E-state index in [2.05, 4.69) is 4.18 Å². The van der Waals surface area contributed by atoms with Crippen molar-refractivity contribution in [3.05, 3.63) is 34.5 Å². The molecule has 3 aromatic rings. The summed E-state index contributed by atoms with van der Waals surface area (Å²) in [6.45, 7) is 0. The van der Waals surface area contributed by atoms with E-state index in [0.717, 1.165) is 24.3 Å². The topological polar surface area (TPSA) is 178 Å². The SMILES string of the molecule is O=c1c(O)c(-c2cc(O)c(O)c(OS(=O)O)c2)oc2cc(O)cc(O)c12. The first-order valence-corrected chi connectivity index (χ1v) is 7.79. The average molecular weight is 382 g/mol. The van der Waals surface area contributed by atoms with Gasteiger partial charge in [0.1, 0.15) is 22.5 Å². The van der Waals surface area contributed by atoms with Gasteiger partial charge in [0.25, 0.3) is 0 Å². The quantitative estimate of drug-likeness (QED) is 0.287. The van der Waals surface area contributed by atoms with Crippen LogP contribution in [-0.4, -0.2) is 34.3 Å². The molecule has 0 saturated heterocycles.